The van der Waals surface area contributed by atoms with Gasteiger partial charge < -0.3 is 10.5 Å². The van der Waals surface area contributed by atoms with Crippen molar-refractivity contribution in [2.45, 2.75) is 13.3 Å². The Bertz CT molecular complexity index is 750. The minimum atomic E-state index is 0.543. The van der Waals surface area contributed by atoms with Gasteiger partial charge in [0, 0.05) is 18.0 Å². The zero-order valence-electron chi connectivity index (χ0n) is 11.0. The lowest BCUT2D eigenvalue weighted by Crippen LogP contribution is -2.05. The number of benzene rings is 1. The van der Waals surface area contributed by atoms with E-state index in [1.54, 1.807) is 11.3 Å². The Kier molecular flexibility index (Phi) is 3.65. The highest BCUT2D eigenvalue weighted by Gasteiger charge is 2.15. The molecular weight excluding hydrogens is 294 g/mol. The fourth-order valence-electron chi connectivity index (χ4n) is 2.05. The van der Waals surface area contributed by atoms with E-state index in [4.69, 9.17) is 22.1 Å². The van der Waals surface area contributed by atoms with Crippen molar-refractivity contribution in [3.8, 4) is 11.6 Å². The smallest absolute Gasteiger partial charge is 0.242 e. The van der Waals surface area contributed by atoms with Crippen molar-refractivity contribution in [1.29, 1.82) is 0 Å². The first-order chi connectivity index (χ1) is 9.69. The van der Waals surface area contributed by atoms with E-state index in [1.165, 1.54) is 0 Å². The average Bonchev–Trinajstić information content (AvgIpc) is 2.98. The van der Waals surface area contributed by atoms with Crippen LogP contribution in [0.2, 0.25) is 5.02 Å². The summed E-state index contributed by atoms with van der Waals surface area (Å²) in [7, 11) is 0. The van der Waals surface area contributed by atoms with Gasteiger partial charge >= 0.3 is 0 Å². The summed E-state index contributed by atoms with van der Waals surface area (Å²) in [6, 6.07) is 5.68. The van der Waals surface area contributed by atoms with Crippen molar-refractivity contribution in [3.05, 3.63) is 46.1 Å². The number of hydrogen-bond acceptors (Lipinski definition) is 4. The molecule has 20 heavy (non-hydrogen) atoms. The van der Waals surface area contributed by atoms with Gasteiger partial charge in [-0.3, -0.25) is 4.40 Å². The van der Waals surface area contributed by atoms with E-state index in [0.717, 1.165) is 16.2 Å². The third-order valence-electron chi connectivity index (χ3n) is 3.00. The predicted molar refractivity (Wildman–Crippen MR) is 82.1 cm³/mol. The van der Waals surface area contributed by atoms with E-state index in [1.807, 2.05) is 41.1 Å². The van der Waals surface area contributed by atoms with Gasteiger partial charge in [0.15, 0.2) is 4.96 Å². The summed E-state index contributed by atoms with van der Waals surface area (Å²) in [4.78, 5) is 5.40. The highest BCUT2D eigenvalue weighted by molar-refractivity contribution is 7.15. The Morgan fingerprint density at radius 3 is 3.10 bits per heavy atom. The lowest BCUT2D eigenvalue weighted by atomic mass is 10.2. The number of aryl methyl sites for hydroxylation is 1. The summed E-state index contributed by atoms with van der Waals surface area (Å²) in [6.07, 6.45) is 2.68. The van der Waals surface area contributed by atoms with Crippen LogP contribution in [-0.2, 0) is 6.42 Å². The van der Waals surface area contributed by atoms with Crippen molar-refractivity contribution in [2.75, 3.05) is 6.54 Å². The topological polar surface area (TPSA) is 52.5 Å². The first kappa shape index (κ1) is 13.4. The Labute approximate surface area is 125 Å². The molecule has 0 spiro atoms. The maximum atomic E-state index is 6.17. The summed E-state index contributed by atoms with van der Waals surface area (Å²) in [5, 5.41) is 2.57. The molecule has 0 bridgehead atoms. The zero-order chi connectivity index (χ0) is 14.1. The maximum absolute atomic E-state index is 6.17. The summed E-state index contributed by atoms with van der Waals surface area (Å²) in [5.41, 5.74) is 7.74. The largest absolute Gasteiger partial charge is 0.436 e. The molecule has 3 rings (SSSR count). The van der Waals surface area contributed by atoms with E-state index in [-0.39, 0.29) is 0 Å². The fraction of sp³-hybridized carbons (Fsp3) is 0.214. The molecular formula is C14H14ClN3OS. The number of ether oxygens (including phenoxy) is 1. The molecule has 3 aromatic rings. The monoisotopic (exact) mass is 307 g/mol. The molecule has 0 saturated carbocycles. The molecule has 6 heteroatoms. The van der Waals surface area contributed by atoms with Crippen LogP contribution in [0.3, 0.4) is 0 Å². The number of thiazole rings is 1. The second-order valence-electron chi connectivity index (χ2n) is 4.49. The number of aromatic nitrogens is 2. The standard InChI is InChI=1S/C14H14ClN3OS/c1-9-2-3-10(15)12(8-9)19-13-11(4-5-16)18-6-7-20-14(18)17-13/h2-3,6-8H,4-5,16H2,1H3. The lowest BCUT2D eigenvalue weighted by Gasteiger charge is -2.08. The van der Waals surface area contributed by atoms with E-state index in [0.29, 0.717) is 29.6 Å². The summed E-state index contributed by atoms with van der Waals surface area (Å²) >= 11 is 7.73. The second-order valence-corrected chi connectivity index (χ2v) is 5.77. The van der Waals surface area contributed by atoms with Crippen LogP contribution in [0, 0.1) is 6.92 Å². The van der Waals surface area contributed by atoms with E-state index in [9.17, 15) is 0 Å². The quantitative estimate of drug-likeness (QED) is 0.800. The number of halogens is 1. The molecule has 2 heterocycles. The van der Waals surface area contributed by atoms with Crippen molar-refractivity contribution < 1.29 is 4.74 Å². The minimum Gasteiger partial charge on any atom is -0.436 e. The van der Waals surface area contributed by atoms with Crippen LogP contribution >= 0.6 is 22.9 Å². The maximum Gasteiger partial charge on any atom is 0.242 e. The Morgan fingerprint density at radius 2 is 2.30 bits per heavy atom. The average molecular weight is 308 g/mol. The molecule has 0 fully saturated rings. The third kappa shape index (κ3) is 2.40. The molecule has 0 atom stereocenters. The van der Waals surface area contributed by atoms with Crippen LogP contribution < -0.4 is 10.5 Å². The van der Waals surface area contributed by atoms with Gasteiger partial charge in [-0.05, 0) is 31.2 Å². The normalized spacial score (nSPS) is 11.2. The number of fused-ring (bicyclic) bond motifs is 1. The number of hydrogen-bond donors (Lipinski definition) is 1. The molecule has 2 N–H and O–H groups in total. The van der Waals surface area contributed by atoms with Crippen molar-refractivity contribution in [2.24, 2.45) is 5.73 Å². The van der Waals surface area contributed by atoms with Crippen molar-refractivity contribution in [3.63, 3.8) is 0 Å². The molecule has 1 aromatic carbocycles. The Balaban J connectivity index is 2.03. The summed E-state index contributed by atoms with van der Waals surface area (Å²) in [5.74, 6) is 1.20. The summed E-state index contributed by atoms with van der Waals surface area (Å²) < 4.78 is 7.91. The van der Waals surface area contributed by atoms with E-state index >= 15 is 0 Å². The molecule has 4 nitrogen and oxygen atoms in total. The van der Waals surface area contributed by atoms with Crippen molar-refractivity contribution >= 4 is 27.9 Å². The molecule has 0 saturated heterocycles. The lowest BCUT2D eigenvalue weighted by molar-refractivity contribution is 0.459. The molecule has 0 aliphatic carbocycles. The van der Waals surface area contributed by atoms with Crippen LogP contribution in [-0.4, -0.2) is 15.9 Å². The Hall–Kier alpha value is -1.56. The van der Waals surface area contributed by atoms with Gasteiger partial charge in [0.25, 0.3) is 0 Å². The van der Waals surface area contributed by atoms with Crippen LogP contribution in [0.15, 0.2) is 29.8 Å². The van der Waals surface area contributed by atoms with Gasteiger partial charge in [0.1, 0.15) is 5.75 Å². The molecule has 0 amide bonds. The molecule has 0 radical (unpaired) electrons. The van der Waals surface area contributed by atoms with Gasteiger partial charge in [-0.15, -0.1) is 11.3 Å². The minimum absolute atomic E-state index is 0.543. The predicted octanol–water partition coefficient (Wildman–Crippen LogP) is 3.65. The molecule has 0 aliphatic heterocycles. The van der Waals surface area contributed by atoms with E-state index in [2.05, 4.69) is 4.98 Å². The van der Waals surface area contributed by atoms with Gasteiger partial charge in [-0.25, -0.2) is 0 Å². The fourth-order valence-corrected chi connectivity index (χ4v) is 2.93. The zero-order valence-corrected chi connectivity index (χ0v) is 12.5. The second kappa shape index (κ2) is 5.44. The number of nitrogens with zero attached hydrogens (tertiary/aromatic N) is 2. The van der Waals surface area contributed by atoms with Crippen LogP contribution in [0.4, 0.5) is 0 Å². The number of nitrogens with two attached hydrogens (primary N) is 1. The van der Waals surface area contributed by atoms with Gasteiger partial charge in [0.05, 0.1) is 10.7 Å². The highest BCUT2D eigenvalue weighted by Crippen LogP contribution is 2.33. The Morgan fingerprint density at radius 1 is 1.45 bits per heavy atom. The molecule has 0 aliphatic rings. The third-order valence-corrected chi connectivity index (χ3v) is 4.07. The highest BCUT2D eigenvalue weighted by atomic mass is 35.5. The number of rotatable bonds is 4. The van der Waals surface area contributed by atoms with E-state index < -0.39 is 0 Å². The van der Waals surface area contributed by atoms with Crippen LogP contribution in [0.25, 0.3) is 4.96 Å². The van der Waals surface area contributed by atoms with Gasteiger partial charge in [-0.1, -0.05) is 17.7 Å². The molecule has 2 aromatic heterocycles. The van der Waals surface area contributed by atoms with Crippen LogP contribution in [0.5, 0.6) is 11.6 Å². The first-order valence-corrected chi connectivity index (χ1v) is 7.53. The van der Waals surface area contributed by atoms with Gasteiger partial charge in [-0.2, -0.15) is 4.98 Å². The van der Waals surface area contributed by atoms with Crippen molar-refractivity contribution in [1.82, 2.24) is 9.38 Å². The van der Waals surface area contributed by atoms with Crippen LogP contribution in [0.1, 0.15) is 11.3 Å². The molecule has 0 unspecified atom stereocenters. The summed E-state index contributed by atoms with van der Waals surface area (Å²) in [6.45, 7) is 2.54. The first-order valence-electron chi connectivity index (χ1n) is 6.27. The van der Waals surface area contributed by atoms with Gasteiger partial charge in [0.2, 0.25) is 5.88 Å². The SMILES string of the molecule is Cc1ccc(Cl)c(Oc2nc3sccn3c2CCN)c1. The molecule has 104 valence electrons. The number of imidazole rings is 1.